The van der Waals surface area contributed by atoms with Gasteiger partial charge in [-0.25, -0.2) is 8.78 Å². The third-order valence-electron chi connectivity index (χ3n) is 6.19. The molecule has 2 aromatic carbocycles. The molecule has 2 aliphatic rings. The number of alkyl halides is 3. The largest absolute Gasteiger partial charge is 0.418 e. The van der Waals surface area contributed by atoms with Crippen LogP contribution in [0.2, 0.25) is 0 Å². The molecule has 2 aromatic rings. The second-order valence-corrected chi connectivity index (χ2v) is 8.31. The standard InChI is InChI=1S/C13H15FO2.C12H11F4NO2/c1-9-11-6-15-7-13(11,8-16-9)10-4-2-3-5-12(10)14;1-2-11(12(14,15)16)19-7-10(17-18)8-5-3-4-6-9(8)13/h2-5,9,11H,6-8H2,1H3;2-6,11,18H,1,7H2/b;17-10+/t9-,11-,13?;/m1./s1. The number of nitrogens with zero attached hydrogens (tertiary/aromatic N) is 1. The first-order valence-electron chi connectivity index (χ1n) is 10.8. The van der Waals surface area contributed by atoms with Crippen LogP contribution in [0, 0.1) is 17.6 Å². The van der Waals surface area contributed by atoms with Crippen molar-refractivity contribution in [1.82, 2.24) is 0 Å². The second kappa shape index (κ2) is 11.3. The SMILES string of the molecule is C=CC(OC/C(=N\O)c1ccccc1F)C(F)(F)F.C[C@H]1OCC2(c3ccccc3F)COC[C@H]12. The molecule has 0 amide bonds. The predicted octanol–water partition coefficient (Wildman–Crippen LogP) is 5.27. The first kappa shape index (κ1) is 26.8. The Bertz CT molecular complexity index is 1040. The van der Waals surface area contributed by atoms with Crippen LogP contribution in [-0.2, 0) is 19.6 Å². The molecule has 2 saturated heterocycles. The van der Waals surface area contributed by atoms with Gasteiger partial charge in [0.25, 0.3) is 0 Å². The van der Waals surface area contributed by atoms with Gasteiger partial charge in [-0.1, -0.05) is 41.6 Å². The van der Waals surface area contributed by atoms with Crippen LogP contribution in [0.25, 0.3) is 0 Å². The zero-order chi connectivity index (χ0) is 25.6. The highest BCUT2D eigenvalue weighted by Gasteiger charge is 2.54. The van der Waals surface area contributed by atoms with Gasteiger partial charge in [0.2, 0.25) is 0 Å². The van der Waals surface area contributed by atoms with Gasteiger partial charge in [-0.2, -0.15) is 13.2 Å². The maximum Gasteiger partial charge on any atom is 0.418 e. The topological polar surface area (TPSA) is 60.3 Å². The summed E-state index contributed by atoms with van der Waals surface area (Å²) in [5.74, 6) is -0.582. The number of fused-ring (bicyclic) bond motifs is 1. The van der Waals surface area contributed by atoms with Gasteiger partial charge in [-0.3, -0.25) is 0 Å². The minimum absolute atomic E-state index is 0.130. The van der Waals surface area contributed by atoms with E-state index >= 15 is 0 Å². The van der Waals surface area contributed by atoms with Crippen molar-refractivity contribution >= 4 is 5.71 Å². The molecule has 1 N–H and O–H groups in total. The van der Waals surface area contributed by atoms with Crippen molar-refractivity contribution in [1.29, 1.82) is 0 Å². The van der Waals surface area contributed by atoms with Crippen LogP contribution in [0.5, 0.6) is 0 Å². The van der Waals surface area contributed by atoms with Crippen molar-refractivity contribution in [2.24, 2.45) is 11.1 Å². The molecule has 5 nitrogen and oxygen atoms in total. The quantitative estimate of drug-likeness (QED) is 0.194. The van der Waals surface area contributed by atoms with E-state index < -0.39 is 24.7 Å². The Labute approximate surface area is 199 Å². The summed E-state index contributed by atoms with van der Waals surface area (Å²) in [6.07, 6.45) is -6.12. The Kier molecular flexibility index (Phi) is 8.63. The lowest BCUT2D eigenvalue weighted by Crippen LogP contribution is -2.35. The summed E-state index contributed by atoms with van der Waals surface area (Å²) in [6, 6.07) is 12.2. The maximum absolute atomic E-state index is 13.9. The van der Waals surface area contributed by atoms with Gasteiger partial charge in [-0.05, 0) is 30.7 Å². The lowest BCUT2D eigenvalue weighted by molar-refractivity contribution is -0.199. The molecule has 0 aromatic heterocycles. The molecule has 2 aliphatic heterocycles. The minimum Gasteiger partial charge on any atom is -0.411 e. The highest BCUT2D eigenvalue weighted by Crippen LogP contribution is 2.46. The van der Waals surface area contributed by atoms with E-state index in [1.54, 1.807) is 6.07 Å². The molecular weight excluding hydrogens is 473 g/mol. The van der Waals surface area contributed by atoms with E-state index in [4.69, 9.17) is 14.7 Å². The number of benzene rings is 2. The van der Waals surface area contributed by atoms with E-state index in [-0.39, 0.29) is 34.5 Å². The average molecular weight is 499 g/mol. The fraction of sp³-hybridized carbons (Fsp3) is 0.400. The van der Waals surface area contributed by atoms with E-state index in [2.05, 4.69) is 16.5 Å². The van der Waals surface area contributed by atoms with Crippen molar-refractivity contribution in [2.45, 2.75) is 30.7 Å². The van der Waals surface area contributed by atoms with Gasteiger partial charge in [0.05, 0.1) is 37.9 Å². The molecule has 0 bridgehead atoms. The summed E-state index contributed by atoms with van der Waals surface area (Å²) in [5, 5.41) is 11.5. The molecular formula is C25H26F5NO4. The number of oxime groups is 1. The predicted molar refractivity (Wildman–Crippen MR) is 119 cm³/mol. The van der Waals surface area contributed by atoms with Gasteiger partial charge in [-0.15, -0.1) is 6.58 Å². The normalized spacial score (nSPS) is 24.9. The number of ether oxygens (including phenoxy) is 3. The van der Waals surface area contributed by atoms with E-state index in [0.29, 0.717) is 25.9 Å². The first-order chi connectivity index (χ1) is 16.6. The molecule has 190 valence electrons. The number of hydrogen-bond donors (Lipinski definition) is 1. The highest BCUT2D eigenvalue weighted by atomic mass is 19.4. The summed E-state index contributed by atoms with van der Waals surface area (Å²) in [5.41, 5.74) is 0.0242. The summed E-state index contributed by atoms with van der Waals surface area (Å²) < 4.78 is 80.2. The summed E-state index contributed by atoms with van der Waals surface area (Å²) in [6.45, 7) is 6.16. The van der Waals surface area contributed by atoms with Crippen LogP contribution in [0.1, 0.15) is 18.1 Å². The third kappa shape index (κ3) is 5.88. The minimum atomic E-state index is -4.63. The fourth-order valence-corrected chi connectivity index (χ4v) is 4.31. The molecule has 2 fully saturated rings. The molecule has 35 heavy (non-hydrogen) atoms. The highest BCUT2D eigenvalue weighted by molar-refractivity contribution is 6.01. The van der Waals surface area contributed by atoms with Crippen molar-refractivity contribution in [2.75, 3.05) is 26.4 Å². The molecule has 10 heteroatoms. The van der Waals surface area contributed by atoms with Crippen LogP contribution in [0.3, 0.4) is 0 Å². The van der Waals surface area contributed by atoms with Gasteiger partial charge < -0.3 is 19.4 Å². The molecule has 0 saturated carbocycles. The number of rotatable bonds is 6. The van der Waals surface area contributed by atoms with Gasteiger partial charge >= 0.3 is 6.18 Å². The zero-order valence-corrected chi connectivity index (χ0v) is 19.0. The molecule has 0 radical (unpaired) electrons. The van der Waals surface area contributed by atoms with E-state index in [1.165, 1.54) is 24.3 Å². The van der Waals surface area contributed by atoms with Crippen molar-refractivity contribution in [3.05, 3.63) is 83.9 Å². The molecule has 4 rings (SSSR count). The fourth-order valence-electron chi connectivity index (χ4n) is 4.31. The maximum atomic E-state index is 13.9. The van der Waals surface area contributed by atoms with Crippen LogP contribution >= 0.6 is 0 Å². The van der Waals surface area contributed by atoms with E-state index in [0.717, 1.165) is 11.6 Å². The van der Waals surface area contributed by atoms with Crippen molar-refractivity contribution in [3.8, 4) is 0 Å². The van der Waals surface area contributed by atoms with Crippen LogP contribution in [-0.4, -0.2) is 55.7 Å². The number of hydrogen-bond acceptors (Lipinski definition) is 5. The van der Waals surface area contributed by atoms with E-state index in [9.17, 15) is 22.0 Å². The lowest BCUT2D eigenvalue weighted by Gasteiger charge is -2.27. The Morgan fingerprint density at radius 3 is 2.43 bits per heavy atom. The second-order valence-electron chi connectivity index (χ2n) is 8.31. The van der Waals surface area contributed by atoms with Crippen molar-refractivity contribution < 1.29 is 41.4 Å². The monoisotopic (exact) mass is 499 g/mol. The average Bonchev–Trinajstić information content (AvgIpc) is 3.39. The smallest absolute Gasteiger partial charge is 0.411 e. The Morgan fingerprint density at radius 1 is 1.17 bits per heavy atom. The lowest BCUT2D eigenvalue weighted by atomic mass is 9.73. The zero-order valence-electron chi connectivity index (χ0n) is 19.0. The van der Waals surface area contributed by atoms with Gasteiger partial charge in [0.15, 0.2) is 6.10 Å². The molecule has 2 unspecified atom stereocenters. The molecule has 0 spiro atoms. The number of halogens is 5. The Hall–Kier alpha value is -2.82. The Balaban J connectivity index is 0.000000197. The third-order valence-corrected chi connectivity index (χ3v) is 6.19. The first-order valence-corrected chi connectivity index (χ1v) is 10.8. The Morgan fingerprint density at radius 2 is 1.83 bits per heavy atom. The molecule has 2 heterocycles. The summed E-state index contributed by atoms with van der Waals surface area (Å²) in [4.78, 5) is 0. The van der Waals surface area contributed by atoms with Gasteiger partial charge in [0.1, 0.15) is 17.3 Å². The summed E-state index contributed by atoms with van der Waals surface area (Å²) >= 11 is 0. The van der Waals surface area contributed by atoms with Crippen molar-refractivity contribution in [3.63, 3.8) is 0 Å². The van der Waals surface area contributed by atoms with E-state index in [1.807, 2.05) is 19.1 Å². The van der Waals surface area contributed by atoms with Crippen LogP contribution < -0.4 is 0 Å². The summed E-state index contributed by atoms with van der Waals surface area (Å²) in [7, 11) is 0. The molecule has 4 atom stereocenters. The van der Waals surface area contributed by atoms with Gasteiger partial charge in [0, 0.05) is 11.5 Å². The molecule has 0 aliphatic carbocycles. The van der Waals surface area contributed by atoms with Crippen LogP contribution in [0.15, 0.2) is 66.3 Å². The van der Waals surface area contributed by atoms with Crippen LogP contribution in [0.4, 0.5) is 22.0 Å².